The quantitative estimate of drug-likeness (QED) is 0.0989. The molecule has 5 rings (SSSR count). The number of hydrogen-bond donors (Lipinski definition) is 4. The number of nitrogens with zero attached hydrogens (tertiary/aromatic N) is 3. The van der Waals surface area contributed by atoms with Gasteiger partial charge in [-0.25, -0.2) is 4.39 Å². The predicted molar refractivity (Wildman–Crippen MR) is 210 cm³/mol. The molecule has 1 fully saturated rings. The molecular formula is C42H48FN5O8. The van der Waals surface area contributed by atoms with Gasteiger partial charge in [0, 0.05) is 54.4 Å². The summed E-state index contributed by atoms with van der Waals surface area (Å²) in [5, 5.41) is 25.1. The molecule has 4 N–H and O–H groups in total. The summed E-state index contributed by atoms with van der Waals surface area (Å²) in [4.78, 5) is 47.9. The van der Waals surface area contributed by atoms with E-state index in [0.29, 0.717) is 53.4 Å². The van der Waals surface area contributed by atoms with Crippen LogP contribution in [0.3, 0.4) is 0 Å². The zero-order valence-electron chi connectivity index (χ0n) is 32.2. The summed E-state index contributed by atoms with van der Waals surface area (Å²) in [5.74, 6) is -1.67. The van der Waals surface area contributed by atoms with Crippen LogP contribution in [0.5, 0.6) is 11.5 Å². The lowest BCUT2D eigenvalue weighted by atomic mass is 9.92. The van der Waals surface area contributed by atoms with Gasteiger partial charge in [0.2, 0.25) is 0 Å². The van der Waals surface area contributed by atoms with Crippen LogP contribution in [-0.2, 0) is 27.4 Å². The molecule has 1 amide bonds. The van der Waals surface area contributed by atoms with Crippen molar-refractivity contribution in [3.05, 3.63) is 100 Å². The van der Waals surface area contributed by atoms with E-state index in [1.807, 2.05) is 43.0 Å². The third-order valence-electron chi connectivity index (χ3n) is 9.90. The number of carbonyl (C=O) groups excluding carboxylic acids is 2. The first-order valence-electron chi connectivity index (χ1n) is 18.4. The molecule has 0 spiro atoms. The van der Waals surface area contributed by atoms with Crippen LogP contribution in [0.2, 0.25) is 0 Å². The van der Waals surface area contributed by atoms with Crippen LogP contribution in [0.1, 0.15) is 70.2 Å². The normalized spacial score (nSPS) is 15.2. The van der Waals surface area contributed by atoms with E-state index >= 15 is 4.39 Å². The molecule has 3 heterocycles. The summed E-state index contributed by atoms with van der Waals surface area (Å²) in [7, 11) is 2.95. The SMILES string of the molecule is CCOC(=O)[C@@H](CO)NCc1cnc(/C(F)=C/c2cccc(-c3cccc(NC(=O)c4cc(OC)c(CN5CCCC[C@H]5C(=O)O)cn4)c3C)c2C)cc1OC. The highest BCUT2D eigenvalue weighted by Gasteiger charge is 2.29. The van der Waals surface area contributed by atoms with Crippen LogP contribution >= 0.6 is 0 Å². The number of likely N-dealkylation sites (tertiary alicyclic amines) is 1. The van der Waals surface area contributed by atoms with E-state index in [1.54, 1.807) is 31.3 Å². The average molecular weight is 770 g/mol. The molecule has 2 aromatic heterocycles. The number of esters is 1. The molecule has 2 aromatic carbocycles. The molecular weight excluding hydrogens is 721 g/mol. The van der Waals surface area contributed by atoms with Crippen LogP contribution in [-0.4, -0.2) is 89.0 Å². The van der Waals surface area contributed by atoms with Crippen molar-refractivity contribution >= 4 is 35.4 Å². The van der Waals surface area contributed by atoms with Gasteiger partial charge in [-0.1, -0.05) is 36.8 Å². The van der Waals surface area contributed by atoms with E-state index in [0.717, 1.165) is 35.1 Å². The highest BCUT2D eigenvalue weighted by Crippen LogP contribution is 2.34. The Balaban J connectivity index is 1.33. The summed E-state index contributed by atoms with van der Waals surface area (Å²) in [6.45, 7) is 6.30. The van der Waals surface area contributed by atoms with Gasteiger partial charge in [0.15, 0.2) is 0 Å². The van der Waals surface area contributed by atoms with Crippen molar-refractivity contribution in [2.75, 3.05) is 39.3 Å². The van der Waals surface area contributed by atoms with Crippen LogP contribution in [0, 0.1) is 13.8 Å². The minimum absolute atomic E-state index is 0.0506. The number of methoxy groups -OCH3 is 2. The van der Waals surface area contributed by atoms with E-state index in [2.05, 4.69) is 20.6 Å². The predicted octanol–water partition coefficient (Wildman–Crippen LogP) is 5.95. The van der Waals surface area contributed by atoms with Gasteiger partial charge in [-0.05, 0) is 80.1 Å². The molecule has 0 aliphatic carbocycles. The van der Waals surface area contributed by atoms with Gasteiger partial charge in [0.1, 0.15) is 40.8 Å². The molecule has 0 saturated carbocycles. The van der Waals surface area contributed by atoms with E-state index in [-0.39, 0.29) is 24.5 Å². The minimum Gasteiger partial charge on any atom is -0.496 e. The molecule has 14 heteroatoms. The Morgan fingerprint density at radius 1 is 0.964 bits per heavy atom. The second-order valence-electron chi connectivity index (χ2n) is 13.4. The van der Waals surface area contributed by atoms with E-state index in [4.69, 9.17) is 14.2 Å². The second kappa shape index (κ2) is 19.2. The highest BCUT2D eigenvalue weighted by molar-refractivity contribution is 6.04. The van der Waals surface area contributed by atoms with Gasteiger partial charge in [-0.2, -0.15) is 0 Å². The number of aliphatic hydroxyl groups excluding tert-OH is 1. The number of halogens is 1. The van der Waals surface area contributed by atoms with Gasteiger partial charge >= 0.3 is 11.9 Å². The lowest BCUT2D eigenvalue weighted by molar-refractivity contribution is -0.147. The number of pyridine rings is 2. The number of benzene rings is 2. The fourth-order valence-electron chi connectivity index (χ4n) is 6.76. The summed E-state index contributed by atoms with van der Waals surface area (Å²) in [6, 6.07) is 12.6. The molecule has 0 unspecified atom stereocenters. The molecule has 4 aromatic rings. The topological polar surface area (TPSA) is 172 Å². The van der Waals surface area contributed by atoms with Gasteiger partial charge in [0.25, 0.3) is 5.91 Å². The third kappa shape index (κ3) is 9.75. The average Bonchev–Trinajstić information content (AvgIpc) is 3.20. The summed E-state index contributed by atoms with van der Waals surface area (Å²) in [5.41, 5.74) is 5.91. The number of rotatable bonds is 16. The standard InChI is InChI=1S/C42H48FN5O8/c1-6-56-42(53)36(24-49)46-21-28-20-44-34(18-38(28)54-4)32(43)17-27-11-9-12-30(25(27)2)31-13-10-14-33(26(31)3)47-40(50)35-19-39(55-5)29(22-45-35)23-48-16-8-7-15-37(48)41(51)52/h9-14,17-20,22,36-37,46,49H,6-8,15-16,21,23-24H2,1-5H3,(H,47,50)(H,51,52)/b32-17-/t36-,37+/m1/s1. The molecule has 1 aliphatic rings. The number of piperidine rings is 1. The molecule has 0 radical (unpaired) electrons. The first-order valence-corrected chi connectivity index (χ1v) is 18.4. The molecule has 1 saturated heterocycles. The molecule has 296 valence electrons. The van der Waals surface area contributed by atoms with Crippen molar-refractivity contribution in [3.8, 4) is 22.6 Å². The second-order valence-corrected chi connectivity index (χ2v) is 13.4. The van der Waals surface area contributed by atoms with E-state index in [9.17, 15) is 24.6 Å². The Morgan fingerprint density at radius 2 is 1.62 bits per heavy atom. The number of carboxylic acid groups (broad SMARTS) is 1. The number of aromatic nitrogens is 2. The zero-order valence-corrected chi connectivity index (χ0v) is 32.2. The molecule has 2 atom stereocenters. The molecule has 1 aliphatic heterocycles. The third-order valence-corrected chi connectivity index (χ3v) is 9.90. The van der Waals surface area contributed by atoms with Gasteiger partial charge in [-0.3, -0.25) is 34.6 Å². The van der Waals surface area contributed by atoms with Crippen molar-refractivity contribution < 1.29 is 43.2 Å². The zero-order chi connectivity index (χ0) is 40.4. The number of aliphatic carboxylic acids is 1. The van der Waals surface area contributed by atoms with Crippen molar-refractivity contribution in [1.82, 2.24) is 20.2 Å². The fourth-order valence-corrected chi connectivity index (χ4v) is 6.76. The maximum atomic E-state index is 15.8. The van der Waals surface area contributed by atoms with Crippen LogP contribution in [0.15, 0.2) is 60.9 Å². The maximum absolute atomic E-state index is 15.8. The number of carboxylic acids is 1. The lowest BCUT2D eigenvalue weighted by Crippen LogP contribution is -2.44. The highest BCUT2D eigenvalue weighted by atomic mass is 19.1. The Bertz CT molecular complexity index is 2090. The van der Waals surface area contributed by atoms with Crippen molar-refractivity contribution in [2.24, 2.45) is 0 Å². The van der Waals surface area contributed by atoms with E-state index < -0.39 is 42.4 Å². The lowest BCUT2D eigenvalue weighted by Gasteiger charge is -2.33. The fraction of sp³-hybridized carbons (Fsp3) is 0.357. The number of hydrogen-bond acceptors (Lipinski definition) is 11. The Labute approximate surface area is 325 Å². The number of anilines is 1. The van der Waals surface area contributed by atoms with Gasteiger partial charge < -0.3 is 29.7 Å². The first kappa shape index (κ1) is 41.5. The summed E-state index contributed by atoms with van der Waals surface area (Å²) >= 11 is 0. The van der Waals surface area contributed by atoms with Crippen molar-refractivity contribution in [2.45, 2.75) is 65.2 Å². The van der Waals surface area contributed by atoms with Crippen LogP contribution in [0.4, 0.5) is 10.1 Å². The van der Waals surface area contributed by atoms with Crippen LogP contribution < -0.4 is 20.1 Å². The summed E-state index contributed by atoms with van der Waals surface area (Å²) in [6.07, 6.45) is 6.77. The first-order chi connectivity index (χ1) is 27.0. The monoisotopic (exact) mass is 769 g/mol. The smallest absolute Gasteiger partial charge is 0.325 e. The Morgan fingerprint density at radius 3 is 2.32 bits per heavy atom. The van der Waals surface area contributed by atoms with Gasteiger partial charge in [0.05, 0.1) is 27.4 Å². The van der Waals surface area contributed by atoms with E-state index in [1.165, 1.54) is 32.6 Å². The molecule has 0 bridgehead atoms. The summed E-state index contributed by atoms with van der Waals surface area (Å²) < 4.78 is 31.8. The van der Waals surface area contributed by atoms with Crippen LogP contribution in [0.25, 0.3) is 23.0 Å². The number of amides is 1. The van der Waals surface area contributed by atoms with Crippen molar-refractivity contribution in [3.63, 3.8) is 0 Å². The van der Waals surface area contributed by atoms with Gasteiger partial charge in [-0.15, -0.1) is 0 Å². The Hall–Kier alpha value is -5.70. The molecule has 56 heavy (non-hydrogen) atoms. The number of nitrogens with one attached hydrogen (secondary N) is 2. The minimum atomic E-state index is -0.933. The number of ether oxygens (including phenoxy) is 3. The molecule has 13 nitrogen and oxygen atoms in total. The van der Waals surface area contributed by atoms with Crippen molar-refractivity contribution in [1.29, 1.82) is 0 Å². The Kier molecular flexibility index (Phi) is 14.3. The maximum Gasteiger partial charge on any atom is 0.325 e. The largest absolute Gasteiger partial charge is 0.496 e. The number of carbonyl (C=O) groups is 3. The number of aliphatic hydroxyl groups is 1.